The van der Waals surface area contributed by atoms with E-state index in [1.165, 1.54) is 19.1 Å². The number of Topliss-reactive ketones (excluding diaryl/α,β-unsaturated/α-hetero) is 1. The summed E-state index contributed by atoms with van der Waals surface area (Å²) in [5, 5.41) is 0.384. The van der Waals surface area contributed by atoms with Crippen LogP contribution in [0.1, 0.15) is 46.0 Å². The van der Waals surface area contributed by atoms with Crippen molar-refractivity contribution in [2.45, 2.75) is 31.5 Å². The van der Waals surface area contributed by atoms with Crippen molar-refractivity contribution in [3.05, 3.63) is 111 Å². The fourth-order valence-electron chi connectivity index (χ4n) is 5.59. The Kier molecular flexibility index (Phi) is 7.53. The molecule has 0 saturated heterocycles. The highest BCUT2D eigenvalue weighted by atomic mass is 35.5. The molecule has 1 unspecified atom stereocenters. The van der Waals surface area contributed by atoms with E-state index in [9.17, 15) is 27.6 Å². The lowest BCUT2D eigenvalue weighted by molar-refractivity contribution is -0.171. The number of carbonyl (C=O) groups is 3. The molecule has 1 atom stereocenters. The molecule has 0 fully saturated rings. The Balaban J connectivity index is 1.42. The van der Waals surface area contributed by atoms with E-state index in [1.807, 2.05) is 0 Å². The van der Waals surface area contributed by atoms with E-state index in [4.69, 9.17) is 37.4 Å². The number of rotatable bonds is 6. The van der Waals surface area contributed by atoms with Gasteiger partial charge in [0.15, 0.2) is 11.4 Å². The summed E-state index contributed by atoms with van der Waals surface area (Å²) in [6.45, 7) is 1.24. The normalized spacial score (nSPS) is 16.3. The number of fused-ring (bicyclic) bond motifs is 6. The summed E-state index contributed by atoms with van der Waals surface area (Å²) >= 11 is 13.4. The summed E-state index contributed by atoms with van der Waals surface area (Å²) in [5.41, 5.74) is 1.98. The molecule has 4 aromatic carbocycles. The molecule has 0 bridgehead atoms. The molecular weight excluding hydrogens is 634 g/mol. The molecule has 0 aromatic heterocycles. The largest absolute Gasteiger partial charge is 0.456 e. The van der Waals surface area contributed by atoms with Crippen LogP contribution >= 0.6 is 23.2 Å². The molecule has 230 valence electrons. The summed E-state index contributed by atoms with van der Waals surface area (Å²) in [6, 6.07) is 19.9. The van der Waals surface area contributed by atoms with Gasteiger partial charge in [-0.1, -0.05) is 53.5 Å². The van der Waals surface area contributed by atoms with Crippen LogP contribution in [0.5, 0.6) is 17.2 Å². The van der Waals surface area contributed by atoms with E-state index in [1.54, 1.807) is 72.6 Å². The number of nitrogens with zero attached hydrogens (tertiary/aromatic N) is 1. The zero-order valence-corrected chi connectivity index (χ0v) is 25.1. The van der Waals surface area contributed by atoms with E-state index < -0.39 is 35.9 Å². The lowest BCUT2D eigenvalue weighted by Crippen LogP contribution is -2.33. The highest BCUT2D eigenvalue weighted by molar-refractivity contribution is 6.33. The molecule has 4 aromatic rings. The smallest absolute Gasteiger partial charge is 0.449 e. The highest BCUT2D eigenvalue weighted by Crippen LogP contribution is 2.58. The maximum atomic E-state index is 13.2. The summed E-state index contributed by atoms with van der Waals surface area (Å²) in [6.07, 6.45) is -5.57. The topological polar surface area (TPSA) is 82.1 Å². The third-order valence-corrected chi connectivity index (χ3v) is 8.33. The molecule has 0 radical (unpaired) electrons. The van der Waals surface area contributed by atoms with Crippen molar-refractivity contribution < 1.29 is 41.8 Å². The summed E-state index contributed by atoms with van der Waals surface area (Å²) in [5.74, 6) is -2.32. The van der Waals surface area contributed by atoms with Gasteiger partial charge in [0.25, 0.3) is 0 Å². The first-order chi connectivity index (χ1) is 21.3. The van der Waals surface area contributed by atoms with E-state index in [-0.39, 0.29) is 28.0 Å². The number of ketones is 1. The van der Waals surface area contributed by atoms with Gasteiger partial charge in [-0.2, -0.15) is 13.2 Å². The van der Waals surface area contributed by atoms with Gasteiger partial charge in [0.05, 0.1) is 21.3 Å². The predicted octanol–water partition coefficient (Wildman–Crippen LogP) is 8.32. The summed E-state index contributed by atoms with van der Waals surface area (Å²) < 4.78 is 55.5. The van der Waals surface area contributed by atoms with E-state index in [0.29, 0.717) is 44.9 Å². The quantitative estimate of drug-likeness (QED) is 0.153. The number of hydrogen-bond donors (Lipinski definition) is 0. The van der Waals surface area contributed by atoms with Gasteiger partial charge in [-0.05, 0) is 42.3 Å². The third-order valence-electron chi connectivity index (χ3n) is 7.73. The van der Waals surface area contributed by atoms with Gasteiger partial charge in [-0.3, -0.25) is 9.59 Å². The number of ether oxygens (including phenoxy) is 3. The van der Waals surface area contributed by atoms with Crippen LogP contribution in [-0.4, -0.2) is 30.9 Å². The summed E-state index contributed by atoms with van der Waals surface area (Å²) in [4.78, 5) is 37.9. The molecule has 12 heteroatoms. The van der Waals surface area contributed by atoms with E-state index in [2.05, 4.69) is 0 Å². The van der Waals surface area contributed by atoms with Crippen LogP contribution in [0.25, 0.3) is 0 Å². The zero-order valence-electron chi connectivity index (χ0n) is 23.6. The van der Waals surface area contributed by atoms with Crippen molar-refractivity contribution in [2.75, 3.05) is 11.9 Å². The van der Waals surface area contributed by atoms with E-state index in [0.717, 1.165) is 0 Å². The molecule has 2 aliphatic rings. The highest BCUT2D eigenvalue weighted by Gasteiger charge is 2.54. The van der Waals surface area contributed by atoms with Crippen LogP contribution < -0.4 is 14.4 Å². The number of halogens is 5. The number of hydrogen-bond acceptors (Lipinski definition) is 7. The minimum atomic E-state index is -4.86. The average molecular weight is 656 g/mol. The molecule has 2 heterocycles. The van der Waals surface area contributed by atoms with Crippen molar-refractivity contribution in [1.29, 1.82) is 0 Å². The second-order valence-corrected chi connectivity index (χ2v) is 11.4. The number of aryl methyl sites for hydroxylation is 1. The molecule has 0 N–H and O–H groups in total. The van der Waals surface area contributed by atoms with Crippen LogP contribution in [0.4, 0.5) is 24.5 Å². The van der Waals surface area contributed by atoms with Gasteiger partial charge >= 0.3 is 18.1 Å². The number of esters is 2. The molecule has 0 aliphatic carbocycles. The molecule has 1 spiro atoms. The molecular formula is C33H22Cl2F3NO6. The van der Waals surface area contributed by atoms with Crippen molar-refractivity contribution in [2.24, 2.45) is 0 Å². The molecule has 2 aliphatic heterocycles. The van der Waals surface area contributed by atoms with Crippen molar-refractivity contribution >= 4 is 52.3 Å². The van der Waals surface area contributed by atoms with Gasteiger partial charge in [-0.25, -0.2) is 4.79 Å². The Morgan fingerprint density at radius 3 is 2.22 bits per heavy atom. The Morgan fingerprint density at radius 2 is 1.56 bits per heavy atom. The maximum Gasteiger partial charge on any atom is 0.449 e. The summed E-state index contributed by atoms with van der Waals surface area (Å²) in [7, 11) is 1.74. The molecule has 0 saturated carbocycles. The second kappa shape index (κ2) is 11.1. The van der Waals surface area contributed by atoms with Gasteiger partial charge < -0.3 is 19.1 Å². The first-order valence-corrected chi connectivity index (χ1v) is 14.3. The monoisotopic (exact) mass is 655 g/mol. The molecule has 0 amide bonds. The van der Waals surface area contributed by atoms with Crippen molar-refractivity contribution in [1.82, 2.24) is 0 Å². The van der Waals surface area contributed by atoms with Crippen LogP contribution in [0.15, 0.2) is 72.8 Å². The van der Waals surface area contributed by atoms with Gasteiger partial charge in [0, 0.05) is 54.9 Å². The first kappa shape index (κ1) is 30.5. The van der Waals surface area contributed by atoms with Crippen LogP contribution in [-0.2, 0) is 26.3 Å². The second-order valence-electron chi connectivity index (χ2n) is 10.5. The van der Waals surface area contributed by atoms with Crippen LogP contribution in [0, 0.1) is 0 Å². The standard InChI is InChI=1S/C33H22Cl2F3NO6/c1-17(40)43-29-16-28-23(14-25(29)35)32(21-6-4-3-5-20(21)31(42)45-32)22-13-24(34)26(15-27(22)44-28)39(2)19-10-7-18(8-11-19)9-12-30(41)33(36,37)38/h3-8,10-11,13-16H,9,12H2,1-2H3. The van der Waals surface area contributed by atoms with Crippen LogP contribution in [0.2, 0.25) is 10.0 Å². The molecule has 7 nitrogen and oxygen atoms in total. The van der Waals surface area contributed by atoms with Gasteiger partial charge in [0.2, 0.25) is 5.78 Å². The Labute approximate surface area is 265 Å². The van der Waals surface area contributed by atoms with Crippen LogP contribution in [0.3, 0.4) is 0 Å². The van der Waals surface area contributed by atoms with Gasteiger partial charge in [-0.15, -0.1) is 0 Å². The third kappa shape index (κ3) is 5.27. The Hall–Kier alpha value is -4.54. The fraction of sp³-hybridized carbons (Fsp3) is 0.182. The zero-order chi connectivity index (χ0) is 32.3. The van der Waals surface area contributed by atoms with Crippen molar-refractivity contribution in [3.63, 3.8) is 0 Å². The molecule has 6 rings (SSSR count). The minimum absolute atomic E-state index is 0.0578. The SMILES string of the molecule is CC(=O)Oc1cc2c(cc1Cl)C1(OC(=O)c3ccccc31)c1cc(Cl)c(N(C)c3ccc(CCC(=O)C(F)(F)F)cc3)cc1O2. The first-order valence-electron chi connectivity index (χ1n) is 13.6. The molecule has 45 heavy (non-hydrogen) atoms. The fourth-order valence-corrected chi connectivity index (χ4v) is 6.09. The minimum Gasteiger partial charge on any atom is -0.456 e. The number of anilines is 2. The number of alkyl halides is 3. The average Bonchev–Trinajstić information content (AvgIpc) is 3.29. The van der Waals surface area contributed by atoms with Gasteiger partial charge in [0.1, 0.15) is 11.5 Å². The lowest BCUT2D eigenvalue weighted by Gasteiger charge is -2.37. The van der Waals surface area contributed by atoms with Crippen molar-refractivity contribution in [3.8, 4) is 17.2 Å². The Morgan fingerprint density at radius 1 is 0.911 bits per heavy atom. The number of benzene rings is 4. The number of carbonyl (C=O) groups excluding carboxylic acids is 3. The maximum absolute atomic E-state index is 13.2. The predicted molar refractivity (Wildman–Crippen MR) is 160 cm³/mol. The lowest BCUT2D eigenvalue weighted by atomic mass is 9.77. The van der Waals surface area contributed by atoms with E-state index >= 15 is 0 Å². The Bertz CT molecular complexity index is 1890.